The summed E-state index contributed by atoms with van der Waals surface area (Å²) in [5.74, 6) is 0.607. The second-order valence-corrected chi connectivity index (χ2v) is 6.62. The van der Waals surface area contributed by atoms with Gasteiger partial charge in [-0.2, -0.15) is 0 Å². The third-order valence-corrected chi connectivity index (χ3v) is 4.63. The monoisotopic (exact) mass is 322 g/mol. The molecule has 0 radical (unpaired) electrons. The van der Waals surface area contributed by atoms with E-state index in [1.54, 1.807) is 7.11 Å². The molecular formula is C21H22O3. The van der Waals surface area contributed by atoms with Crippen molar-refractivity contribution >= 4 is 12.0 Å². The zero-order valence-corrected chi connectivity index (χ0v) is 14.3. The van der Waals surface area contributed by atoms with E-state index in [-0.39, 0.29) is 17.5 Å². The van der Waals surface area contributed by atoms with Crippen LogP contribution in [-0.2, 0) is 9.53 Å². The number of carbonyl (C=O) groups is 1. The molecule has 0 aliphatic carbocycles. The molecule has 0 N–H and O–H groups in total. The molecule has 0 aromatic heterocycles. The summed E-state index contributed by atoms with van der Waals surface area (Å²) in [4.78, 5) is 12.2. The van der Waals surface area contributed by atoms with Gasteiger partial charge in [0, 0.05) is 5.41 Å². The number of rotatable bonds is 3. The first-order valence-corrected chi connectivity index (χ1v) is 8.10. The number of esters is 1. The Morgan fingerprint density at radius 3 is 2.38 bits per heavy atom. The van der Waals surface area contributed by atoms with E-state index in [9.17, 15) is 4.79 Å². The van der Waals surface area contributed by atoms with Crippen LogP contribution in [0.25, 0.3) is 6.08 Å². The van der Waals surface area contributed by atoms with Gasteiger partial charge in [-0.05, 0) is 28.8 Å². The summed E-state index contributed by atoms with van der Waals surface area (Å²) >= 11 is 0. The number of cyclic esters (lactones) is 1. The van der Waals surface area contributed by atoms with Crippen LogP contribution < -0.4 is 4.74 Å². The number of ether oxygens (including phenoxy) is 2. The van der Waals surface area contributed by atoms with Crippen LogP contribution in [0.1, 0.15) is 37.5 Å². The average Bonchev–Trinajstić information content (AvgIpc) is 2.59. The molecule has 1 aliphatic rings. The minimum absolute atomic E-state index is 0.183. The van der Waals surface area contributed by atoms with Crippen LogP contribution in [0.4, 0.5) is 0 Å². The Kier molecular flexibility index (Phi) is 4.43. The molecule has 1 atom stereocenters. The average molecular weight is 322 g/mol. The van der Waals surface area contributed by atoms with Gasteiger partial charge in [-0.25, -0.2) is 0 Å². The van der Waals surface area contributed by atoms with E-state index in [2.05, 4.69) is 19.9 Å². The molecule has 124 valence electrons. The standard InChI is InChI=1S/C21H22O3/c1-21(2)17(13-15-7-5-4-6-8-15)14-19(22)24-20(21)16-9-11-18(23-3)12-10-16/h4-13,20H,14H2,1-3H3/b17-13+. The van der Waals surface area contributed by atoms with Crippen LogP contribution >= 0.6 is 0 Å². The molecule has 0 spiro atoms. The maximum atomic E-state index is 12.2. The number of benzene rings is 2. The second kappa shape index (κ2) is 6.52. The molecule has 0 amide bonds. The lowest BCUT2D eigenvalue weighted by Crippen LogP contribution is -2.34. The highest BCUT2D eigenvalue weighted by Crippen LogP contribution is 2.48. The van der Waals surface area contributed by atoms with Crippen molar-refractivity contribution in [3.63, 3.8) is 0 Å². The molecule has 1 heterocycles. The zero-order valence-electron chi connectivity index (χ0n) is 14.3. The van der Waals surface area contributed by atoms with Gasteiger partial charge < -0.3 is 9.47 Å². The van der Waals surface area contributed by atoms with Gasteiger partial charge in [-0.1, -0.05) is 62.4 Å². The number of hydrogen-bond donors (Lipinski definition) is 0. The van der Waals surface area contributed by atoms with E-state index < -0.39 is 0 Å². The quantitative estimate of drug-likeness (QED) is 0.762. The van der Waals surface area contributed by atoms with E-state index in [0.29, 0.717) is 6.42 Å². The molecule has 3 nitrogen and oxygen atoms in total. The van der Waals surface area contributed by atoms with Crippen molar-refractivity contribution < 1.29 is 14.3 Å². The van der Waals surface area contributed by atoms with Crippen molar-refractivity contribution in [1.29, 1.82) is 0 Å². The van der Waals surface area contributed by atoms with Gasteiger partial charge in [-0.15, -0.1) is 0 Å². The second-order valence-electron chi connectivity index (χ2n) is 6.62. The lowest BCUT2D eigenvalue weighted by atomic mass is 9.72. The molecule has 1 aliphatic heterocycles. The fourth-order valence-electron chi connectivity index (χ4n) is 3.12. The molecule has 3 heteroatoms. The molecule has 0 saturated carbocycles. The molecule has 3 rings (SSSR count). The van der Waals surface area contributed by atoms with Crippen LogP contribution in [0.3, 0.4) is 0 Å². The first-order chi connectivity index (χ1) is 11.5. The SMILES string of the molecule is COc1ccc(C2OC(=O)C/C(=C\c3ccccc3)C2(C)C)cc1. The van der Waals surface area contributed by atoms with Crippen molar-refractivity contribution in [3.05, 3.63) is 71.3 Å². The first-order valence-electron chi connectivity index (χ1n) is 8.10. The Balaban J connectivity index is 1.97. The predicted octanol–water partition coefficient (Wildman–Crippen LogP) is 4.79. The summed E-state index contributed by atoms with van der Waals surface area (Å²) in [6.45, 7) is 4.26. The third-order valence-electron chi connectivity index (χ3n) is 4.63. The molecule has 2 aromatic carbocycles. The Labute approximate surface area is 142 Å². The molecule has 1 unspecified atom stereocenters. The highest BCUT2D eigenvalue weighted by Gasteiger charge is 2.42. The van der Waals surface area contributed by atoms with Gasteiger partial charge in [-0.3, -0.25) is 4.79 Å². The Morgan fingerprint density at radius 2 is 1.75 bits per heavy atom. The Morgan fingerprint density at radius 1 is 1.08 bits per heavy atom. The highest BCUT2D eigenvalue weighted by atomic mass is 16.5. The molecule has 1 fully saturated rings. The topological polar surface area (TPSA) is 35.5 Å². The van der Waals surface area contributed by atoms with Crippen LogP contribution in [0.15, 0.2) is 60.2 Å². The smallest absolute Gasteiger partial charge is 0.310 e. The Hall–Kier alpha value is -2.55. The third kappa shape index (κ3) is 3.21. The lowest BCUT2D eigenvalue weighted by molar-refractivity contribution is -0.159. The Bertz CT molecular complexity index is 742. The van der Waals surface area contributed by atoms with Crippen molar-refractivity contribution in [1.82, 2.24) is 0 Å². The van der Waals surface area contributed by atoms with Crippen LogP contribution in [-0.4, -0.2) is 13.1 Å². The van der Waals surface area contributed by atoms with Gasteiger partial charge >= 0.3 is 5.97 Å². The van der Waals surface area contributed by atoms with E-state index in [1.165, 1.54) is 0 Å². The van der Waals surface area contributed by atoms with Crippen molar-refractivity contribution in [2.75, 3.05) is 7.11 Å². The summed E-state index contributed by atoms with van der Waals surface area (Å²) < 4.78 is 10.9. The molecule has 1 saturated heterocycles. The summed E-state index contributed by atoms with van der Waals surface area (Å²) in [6, 6.07) is 17.8. The van der Waals surface area contributed by atoms with E-state index in [1.807, 2.05) is 54.6 Å². The van der Waals surface area contributed by atoms with Gasteiger partial charge in [0.2, 0.25) is 0 Å². The van der Waals surface area contributed by atoms with E-state index >= 15 is 0 Å². The number of methoxy groups -OCH3 is 1. The normalized spacial score (nSPS) is 21.4. The lowest BCUT2D eigenvalue weighted by Gasteiger charge is -2.40. The van der Waals surface area contributed by atoms with Gasteiger partial charge in [0.1, 0.15) is 11.9 Å². The van der Waals surface area contributed by atoms with Crippen LogP contribution in [0.5, 0.6) is 5.75 Å². The highest BCUT2D eigenvalue weighted by molar-refractivity contribution is 5.77. The van der Waals surface area contributed by atoms with Crippen molar-refractivity contribution in [2.24, 2.45) is 5.41 Å². The minimum atomic E-state index is -0.306. The summed E-state index contributed by atoms with van der Waals surface area (Å²) in [6.07, 6.45) is 2.13. The summed E-state index contributed by atoms with van der Waals surface area (Å²) in [5.41, 5.74) is 2.89. The first kappa shape index (κ1) is 16.3. The van der Waals surface area contributed by atoms with Crippen LogP contribution in [0.2, 0.25) is 0 Å². The summed E-state index contributed by atoms with van der Waals surface area (Å²) in [7, 11) is 1.64. The largest absolute Gasteiger partial charge is 0.497 e. The predicted molar refractivity (Wildman–Crippen MR) is 94.6 cm³/mol. The van der Waals surface area contributed by atoms with Gasteiger partial charge in [0.15, 0.2) is 0 Å². The molecule has 0 bridgehead atoms. The molecule has 2 aromatic rings. The maximum absolute atomic E-state index is 12.2. The summed E-state index contributed by atoms with van der Waals surface area (Å²) in [5, 5.41) is 0. The van der Waals surface area contributed by atoms with Crippen LogP contribution in [0, 0.1) is 5.41 Å². The number of carbonyl (C=O) groups excluding carboxylic acids is 1. The number of hydrogen-bond acceptors (Lipinski definition) is 3. The molecule has 24 heavy (non-hydrogen) atoms. The van der Waals surface area contributed by atoms with E-state index in [4.69, 9.17) is 9.47 Å². The fraction of sp³-hybridized carbons (Fsp3) is 0.286. The van der Waals surface area contributed by atoms with Gasteiger partial charge in [0.05, 0.1) is 13.5 Å². The maximum Gasteiger partial charge on any atom is 0.310 e. The van der Waals surface area contributed by atoms with Crippen molar-refractivity contribution in [2.45, 2.75) is 26.4 Å². The van der Waals surface area contributed by atoms with Crippen molar-refractivity contribution in [3.8, 4) is 5.75 Å². The van der Waals surface area contributed by atoms with Gasteiger partial charge in [0.25, 0.3) is 0 Å². The minimum Gasteiger partial charge on any atom is -0.497 e. The van der Waals surface area contributed by atoms with E-state index in [0.717, 1.165) is 22.4 Å². The zero-order chi connectivity index (χ0) is 17.2. The molecular weight excluding hydrogens is 300 g/mol. The fourth-order valence-corrected chi connectivity index (χ4v) is 3.12.